The van der Waals surface area contributed by atoms with Crippen molar-refractivity contribution in [2.75, 3.05) is 13.1 Å². The third-order valence-corrected chi connectivity index (χ3v) is 3.08. The normalized spacial score (nSPS) is 12.8. The van der Waals surface area contributed by atoms with Crippen LogP contribution in [0.15, 0.2) is 18.2 Å². The minimum atomic E-state index is 0.117. The maximum Gasteiger partial charge on any atom is 0.122 e. The highest BCUT2D eigenvalue weighted by atomic mass is 35.5. The molecule has 102 valence electrons. The highest BCUT2D eigenvalue weighted by Gasteiger charge is 2.15. The molecular formula is C14H21Cl2NO. The van der Waals surface area contributed by atoms with Gasteiger partial charge < -0.3 is 10.1 Å². The summed E-state index contributed by atoms with van der Waals surface area (Å²) in [6, 6.07) is 5.29. The summed E-state index contributed by atoms with van der Waals surface area (Å²) in [6.07, 6.45) is 1.24. The van der Waals surface area contributed by atoms with Crippen LogP contribution in [0.4, 0.5) is 0 Å². The van der Waals surface area contributed by atoms with E-state index in [-0.39, 0.29) is 6.10 Å². The van der Waals surface area contributed by atoms with Gasteiger partial charge in [-0.25, -0.2) is 0 Å². The number of halogens is 2. The first-order valence-corrected chi connectivity index (χ1v) is 7.12. The molecule has 0 radical (unpaired) electrons. The van der Waals surface area contributed by atoms with E-state index in [1.807, 2.05) is 0 Å². The fourth-order valence-corrected chi connectivity index (χ4v) is 2.11. The van der Waals surface area contributed by atoms with Crippen LogP contribution in [0.5, 0.6) is 5.75 Å². The van der Waals surface area contributed by atoms with Crippen molar-refractivity contribution in [3.63, 3.8) is 0 Å². The van der Waals surface area contributed by atoms with Crippen molar-refractivity contribution in [3.05, 3.63) is 28.2 Å². The lowest BCUT2D eigenvalue weighted by Gasteiger charge is -2.23. The molecule has 1 N–H and O–H groups in total. The Hall–Kier alpha value is -0.440. The van der Waals surface area contributed by atoms with Crippen molar-refractivity contribution in [3.8, 4) is 5.75 Å². The number of benzene rings is 1. The van der Waals surface area contributed by atoms with E-state index in [1.54, 1.807) is 18.2 Å². The Morgan fingerprint density at radius 1 is 1.17 bits per heavy atom. The molecule has 0 saturated carbocycles. The quantitative estimate of drug-likeness (QED) is 0.752. The third-order valence-electron chi connectivity index (χ3n) is 2.64. The van der Waals surface area contributed by atoms with Crippen LogP contribution in [-0.4, -0.2) is 19.2 Å². The topological polar surface area (TPSA) is 21.3 Å². The molecule has 1 aromatic carbocycles. The van der Waals surface area contributed by atoms with E-state index in [1.165, 1.54) is 0 Å². The Labute approximate surface area is 120 Å². The number of hydrogen-bond donors (Lipinski definition) is 1. The highest BCUT2D eigenvalue weighted by molar-refractivity contribution is 6.34. The molecule has 1 unspecified atom stereocenters. The van der Waals surface area contributed by atoms with E-state index in [4.69, 9.17) is 27.9 Å². The van der Waals surface area contributed by atoms with Crippen molar-refractivity contribution < 1.29 is 4.74 Å². The second-order valence-corrected chi connectivity index (χ2v) is 5.58. The SMILES string of the molecule is CCCNCC(Oc1cc(Cl)cc(Cl)c1)C(C)C. The molecule has 18 heavy (non-hydrogen) atoms. The van der Waals surface area contributed by atoms with Crippen LogP contribution in [0.2, 0.25) is 10.0 Å². The van der Waals surface area contributed by atoms with Gasteiger partial charge in [-0.2, -0.15) is 0 Å². The Bertz CT molecular complexity index is 349. The Balaban J connectivity index is 2.64. The molecule has 1 atom stereocenters. The van der Waals surface area contributed by atoms with Gasteiger partial charge in [-0.15, -0.1) is 0 Å². The first kappa shape index (κ1) is 15.6. The molecule has 2 nitrogen and oxygen atoms in total. The van der Waals surface area contributed by atoms with Gasteiger partial charge in [0.1, 0.15) is 11.9 Å². The second kappa shape index (κ2) is 7.88. The van der Waals surface area contributed by atoms with Crippen molar-refractivity contribution in [2.45, 2.75) is 33.3 Å². The summed E-state index contributed by atoms with van der Waals surface area (Å²) in [5.41, 5.74) is 0. The van der Waals surface area contributed by atoms with Crippen molar-refractivity contribution >= 4 is 23.2 Å². The lowest BCUT2D eigenvalue weighted by molar-refractivity contribution is 0.149. The van der Waals surface area contributed by atoms with Gasteiger partial charge in [0.25, 0.3) is 0 Å². The van der Waals surface area contributed by atoms with E-state index < -0.39 is 0 Å². The first-order chi connectivity index (χ1) is 8.52. The second-order valence-electron chi connectivity index (χ2n) is 4.71. The molecule has 0 spiro atoms. The van der Waals surface area contributed by atoms with Gasteiger partial charge in [0.15, 0.2) is 0 Å². The number of hydrogen-bond acceptors (Lipinski definition) is 2. The van der Waals surface area contributed by atoms with E-state index in [2.05, 4.69) is 26.1 Å². The summed E-state index contributed by atoms with van der Waals surface area (Å²) in [7, 11) is 0. The van der Waals surface area contributed by atoms with Crippen LogP contribution in [0.25, 0.3) is 0 Å². The third kappa shape index (κ3) is 5.47. The summed E-state index contributed by atoms with van der Waals surface area (Å²) in [4.78, 5) is 0. The fourth-order valence-electron chi connectivity index (χ4n) is 1.61. The van der Waals surface area contributed by atoms with Gasteiger partial charge in [-0.05, 0) is 37.1 Å². The number of nitrogens with one attached hydrogen (secondary N) is 1. The zero-order valence-electron chi connectivity index (χ0n) is 11.2. The van der Waals surface area contributed by atoms with Crippen molar-refractivity contribution in [1.82, 2.24) is 5.32 Å². The van der Waals surface area contributed by atoms with E-state index in [0.717, 1.165) is 25.3 Å². The molecule has 0 aliphatic rings. The molecule has 0 saturated heterocycles. The van der Waals surface area contributed by atoms with Gasteiger partial charge in [0, 0.05) is 16.6 Å². The summed E-state index contributed by atoms with van der Waals surface area (Å²) in [5, 5.41) is 4.57. The summed E-state index contributed by atoms with van der Waals surface area (Å²) in [5.74, 6) is 1.15. The minimum absolute atomic E-state index is 0.117. The van der Waals surface area contributed by atoms with E-state index >= 15 is 0 Å². The number of ether oxygens (including phenoxy) is 1. The van der Waals surface area contributed by atoms with E-state index in [9.17, 15) is 0 Å². The van der Waals surface area contributed by atoms with Crippen LogP contribution in [-0.2, 0) is 0 Å². The Morgan fingerprint density at radius 3 is 2.28 bits per heavy atom. The maximum absolute atomic E-state index is 5.96. The monoisotopic (exact) mass is 289 g/mol. The van der Waals surface area contributed by atoms with Crippen molar-refractivity contribution in [1.29, 1.82) is 0 Å². The summed E-state index contributed by atoms with van der Waals surface area (Å²) < 4.78 is 5.95. The van der Waals surface area contributed by atoms with Crippen LogP contribution in [0.1, 0.15) is 27.2 Å². The van der Waals surface area contributed by atoms with Gasteiger partial charge in [0.05, 0.1) is 0 Å². The maximum atomic E-state index is 5.96. The fraction of sp³-hybridized carbons (Fsp3) is 0.571. The van der Waals surface area contributed by atoms with Crippen LogP contribution in [0.3, 0.4) is 0 Å². The zero-order chi connectivity index (χ0) is 13.5. The predicted molar refractivity (Wildman–Crippen MR) is 78.9 cm³/mol. The predicted octanol–water partition coefficient (Wildman–Crippen LogP) is 4.40. The molecule has 0 aliphatic heterocycles. The van der Waals surface area contributed by atoms with Crippen LogP contribution < -0.4 is 10.1 Å². The van der Waals surface area contributed by atoms with Crippen molar-refractivity contribution in [2.24, 2.45) is 5.92 Å². The molecule has 1 rings (SSSR count). The zero-order valence-corrected chi connectivity index (χ0v) is 12.7. The van der Waals surface area contributed by atoms with Crippen LogP contribution >= 0.6 is 23.2 Å². The van der Waals surface area contributed by atoms with Gasteiger partial charge >= 0.3 is 0 Å². The molecule has 0 heterocycles. The summed E-state index contributed by atoms with van der Waals surface area (Å²) in [6.45, 7) is 8.27. The largest absolute Gasteiger partial charge is 0.489 e. The Morgan fingerprint density at radius 2 is 1.78 bits per heavy atom. The standard InChI is InChI=1S/C14H21Cl2NO/c1-4-5-17-9-14(10(2)3)18-13-7-11(15)6-12(16)8-13/h6-8,10,14,17H,4-5,9H2,1-3H3. The Kier molecular flexibility index (Phi) is 6.83. The molecule has 0 fully saturated rings. The van der Waals surface area contributed by atoms with Gasteiger partial charge in [-0.3, -0.25) is 0 Å². The number of rotatable bonds is 7. The van der Waals surface area contributed by atoms with Gasteiger partial charge in [-0.1, -0.05) is 44.0 Å². The highest BCUT2D eigenvalue weighted by Crippen LogP contribution is 2.25. The lowest BCUT2D eigenvalue weighted by Crippen LogP contribution is -2.35. The molecule has 0 amide bonds. The molecular weight excluding hydrogens is 269 g/mol. The lowest BCUT2D eigenvalue weighted by atomic mass is 10.1. The smallest absolute Gasteiger partial charge is 0.122 e. The average molecular weight is 290 g/mol. The van der Waals surface area contributed by atoms with Crippen LogP contribution in [0, 0.1) is 5.92 Å². The van der Waals surface area contributed by atoms with E-state index in [0.29, 0.717) is 16.0 Å². The molecule has 0 bridgehead atoms. The molecule has 0 aliphatic carbocycles. The first-order valence-electron chi connectivity index (χ1n) is 6.36. The van der Waals surface area contributed by atoms with Gasteiger partial charge in [0.2, 0.25) is 0 Å². The molecule has 0 aromatic heterocycles. The molecule has 1 aromatic rings. The summed E-state index contributed by atoms with van der Waals surface area (Å²) >= 11 is 11.9. The minimum Gasteiger partial charge on any atom is -0.489 e. The molecule has 4 heteroatoms. The average Bonchev–Trinajstić information content (AvgIpc) is 2.26.